The van der Waals surface area contributed by atoms with Crippen molar-refractivity contribution in [2.24, 2.45) is 0 Å². The molecule has 0 amide bonds. The van der Waals surface area contributed by atoms with Crippen LogP contribution in [-0.2, 0) is 11.2 Å². The van der Waals surface area contributed by atoms with Crippen molar-refractivity contribution in [3.63, 3.8) is 0 Å². The van der Waals surface area contributed by atoms with E-state index in [9.17, 15) is 4.79 Å². The van der Waals surface area contributed by atoms with E-state index < -0.39 is 0 Å². The van der Waals surface area contributed by atoms with Crippen LogP contribution in [0.4, 0.5) is 0 Å². The van der Waals surface area contributed by atoms with Gasteiger partial charge in [0.2, 0.25) is 6.79 Å². The first kappa shape index (κ1) is 13.4. The quantitative estimate of drug-likeness (QED) is 0.759. The van der Waals surface area contributed by atoms with Crippen molar-refractivity contribution in [2.45, 2.75) is 26.7 Å². The molecule has 0 unspecified atom stereocenters. The van der Waals surface area contributed by atoms with Crippen molar-refractivity contribution in [1.29, 1.82) is 0 Å². The Morgan fingerprint density at radius 2 is 2.05 bits per heavy atom. The van der Waals surface area contributed by atoms with Gasteiger partial charge in [0.25, 0.3) is 0 Å². The van der Waals surface area contributed by atoms with Crippen LogP contribution in [0.2, 0.25) is 0 Å². The van der Waals surface area contributed by atoms with Crippen LogP contribution in [0.25, 0.3) is 0 Å². The predicted octanol–water partition coefficient (Wildman–Crippen LogP) is 3.44. The van der Waals surface area contributed by atoms with Crippen LogP contribution >= 0.6 is 0 Å². The molecular formula is C16H18O3. The number of carbonyl (C=O) groups is 1. The first-order valence-corrected chi connectivity index (χ1v) is 6.33. The first-order chi connectivity index (χ1) is 9.08. The summed E-state index contributed by atoms with van der Waals surface area (Å²) in [5.41, 5.74) is 2.51. The zero-order valence-electron chi connectivity index (χ0n) is 11.4. The number of Topliss-reactive ketones (excluding diaryl/α,β-unsaturated/α-hetero) is 1. The van der Waals surface area contributed by atoms with E-state index >= 15 is 0 Å². The summed E-state index contributed by atoms with van der Waals surface area (Å²) in [6, 6.07) is 5.94. The van der Waals surface area contributed by atoms with Crippen LogP contribution in [0, 0.1) is 0 Å². The van der Waals surface area contributed by atoms with Gasteiger partial charge in [0, 0.05) is 0 Å². The van der Waals surface area contributed by atoms with Gasteiger partial charge in [-0.25, -0.2) is 0 Å². The van der Waals surface area contributed by atoms with E-state index in [1.165, 1.54) is 5.56 Å². The number of rotatable bonds is 5. The number of ether oxygens (including phenoxy) is 2. The zero-order chi connectivity index (χ0) is 13.8. The zero-order valence-corrected chi connectivity index (χ0v) is 11.4. The molecular weight excluding hydrogens is 240 g/mol. The molecule has 0 fully saturated rings. The molecule has 0 aromatic heterocycles. The van der Waals surface area contributed by atoms with Gasteiger partial charge in [-0.05, 0) is 55.5 Å². The molecule has 19 heavy (non-hydrogen) atoms. The van der Waals surface area contributed by atoms with Crippen LogP contribution in [0.1, 0.15) is 25.8 Å². The third kappa shape index (κ3) is 3.25. The Labute approximate surface area is 113 Å². The molecule has 100 valence electrons. The Morgan fingerprint density at radius 3 is 2.79 bits per heavy atom. The number of hydrogen-bond acceptors (Lipinski definition) is 3. The van der Waals surface area contributed by atoms with Crippen LogP contribution in [0.5, 0.6) is 11.5 Å². The minimum absolute atomic E-state index is 0.0330. The Hall–Kier alpha value is -2.03. The molecule has 0 bridgehead atoms. The average molecular weight is 258 g/mol. The van der Waals surface area contributed by atoms with E-state index in [2.05, 4.69) is 6.58 Å². The Bertz CT molecular complexity index is 541. The Kier molecular flexibility index (Phi) is 4.05. The van der Waals surface area contributed by atoms with Gasteiger partial charge in [-0.1, -0.05) is 18.7 Å². The lowest BCUT2D eigenvalue weighted by Gasteiger charge is -2.02. The van der Waals surface area contributed by atoms with Gasteiger partial charge in [0.15, 0.2) is 17.3 Å². The van der Waals surface area contributed by atoms with Gasteiger partial charge < -0.3 is 9.47 Å². The number of fused-ring (bicyclic) bond motifs is 1. The number of carbonyl (C=O) groups excluding carboxylic acids is 1. The number of ketones is 1. The number of hydrogen-bond donors (Lipinski definition) is 0. The van der Waals surface area contributed by atoms with Crippen molar-refractivity contribution in [2.75, 3.05) is 6.79 Å². The van der Waals surface area contributed by atoms with Gasteiger partial charge >= 0.3 is 0 Å². The summed E-state index contributed by atoms with van der Waals surface area (Å²) in [6.07, 6.45) is 3.66. The predicted molar refractivity (Wildman–Crippen MR) is 74.5 cm³/mol. The summed E-state index contributed by atoms with van der Waals surface area (Å²) in [4.78, 5) is 11.6. The molecule has 0 atom stereocenters. The maximum atomic E-state index is 11.6. The average Bonchev–Trinajstić information content (AvgIpc) is 2.84. The summed E-state index contributed by atoms with van der Waals surface area (Å²) in [5.74, 6) is 1.63. The highest BCUT2D eigenvalue weighted by Gasteiger charge is 2.12. The van der Waals surface area contributed by atoms with Gasteiger partial charge in [0.05, 0.1) is 0 Å². The molecule has 1 aromatic rings. The highest BCUT2D eigenvalue weighted by Crippen LogP contribution is 2.32. The lowest BCUT2D eigenvalue weighted by atomic mass is 10.0. The molecule has 3 nitrogen and oxygen atoms in total. The standard InChI is InChI=1S/C16H18O3/c1-11(2)16(17)12(3)5-4-6-13-7-8-14-15(9-13)19-10-18-14/h5,7-9H,1,4,6,10H2,2-3H3/b12-5+. The lowest BCUT2D eigenvalue weighted by Crippen LogP contribution is -1.99. The molecule has 0 saturated heterocycles. The molecule has 0 spiro atoms. The van der Waals surface area contributed by atoms with E-state index in [1.54, 1.807) is 6.92 Å². The minimum Gasteiger partial charge on any atom is -0.454 e. The monoisotopic (exact) mass is 258 g/mol. The highest BCUT2D eigenvalue weighted by atomic mass is 16.7. The van der Waals surface area contributed by atoms with E-state index in [0.29, 0.717) is 12.4 Å². The summed E-state index contributed by atoms with van der Waals surface area (Å²) in [6.45, 7) is 7.52. The van der Waals surface area contributed by atoms with E-state index in [4.69, 9.17) is 9.47 Å². The molecule has 0 N–H and O–H groups in total. The molecule has 0 aliphatic carbocycles. The van der Waals surface area contributed by atoms with Crippen LogP contribution in [0.3, 0.4) is 0 Å². The summed E-state index contributed by atoms with van der Waals surface area (Å²) in [7, 11) is 0. The molecule has 1 aliphatic rings. The number of allylic oxidation sites excluding steroid dienone is 3. The van der Waals surface area contributed by atoms with Gasteiger partial charge in [-0.3, -0.25) is 4.79 Å². The van der Waals surface area contributed by atoms with Crippen LogP contribution in [0.15, 0.2) is 42.0 Å². The van der Waals surface area contributed by atoms with Gasteiger partial charge in [-0.15, -0.1) is 0 Å². The SMILES string of the molecule is C=C(C)C(=O)/C(C)=C/CCc1ccc2c(c1)OCO2. The van der Waals surface area contributed by atoms with Gasteiger partial charge in [0.1, 0.15) is 0 Å². The topological polar surface area (TPSA) is 35.5 Å². The van der Waals surface area contributed by atoms with Gasteiger partial charge in [-0.2, -0.15) is 0 Å². The minimum atomic E-state index is 0.0330. The Balaban J connectivity index is 1.94. The second-order valence-electron chi connectivity index (χ2n) is 4.72. The second kappa shape index (κ2) is 5.74. The maximum absolute atomic E-state index is 11.6. The number of aryl methyl sites for hydroxylation is 1. The fourth-order valence-electron chi connectivity index (χ4n) is 1.98. The summed E-state index contributed by atoms with van der Waals surface area (Å²) < 4.78 is 10.6. The van der Waals surface area contributed by atoms with Crippen molar-refractivity contribution in [3.8, 4) is 11.5 Å². The van der Waals surface area contributed by atoms with Crippen molar-refractivity contribution in [1.82, 2.24) is 0 Å². The third-order valence-corrected chi connectivity index (χ3v) is 3.07. The molecule has 0 radical (unpaired) electrons. The Morgan fingerprint density at radius 1 is 1.32 bits per heavy atom. The third-order valence-electron chi connectivity index (χ3n) is 3.07. The molecule has 3 heteroatoms. The van der Waals surface area contributed by atoms with Crippen molar-refractivity contribution >= 4 is 5.78 Å². The molecule has 1 aliphatic heterocycles. The molecule has 1 heterocycles. The summed E-state index contributed by atoms with van der Waals surface area (Å²) >= 11 is 0. The van der Waals surface area contributed by atoms with Crippen LogP contribution in [-0.4, -0.2) is 12.6 Å². The largest absolute Gasteiger partial charge is 0.454 e. The summed E-state index contributed by atoms with van der Waals surface area (Å²) in [5, 5.41) is 0. The van der Waals surface area contributed by atoms with Crippen molar-refractivity contribution < 1.29 is 14.3 Å². The fraction of sp³-hybridized carbons (Fsp3) is 0.312. The second-order valence-corrected chi connectivity index (χ2v) is 4.72. The van der Waals surface area contributed by atoms with Crippen LogP contribution < -0.4 is 9.47 Å². The molecule has 2 rings (SSSR count). The smallest absolute Gasteiger partial charge is 0.231 e. The van der Waals surface area contributed by atoms with E-state index in [0.717, 1.165) is 29.9 Å². The lowest BCUT2D eigenvalue weighted by molar-refractivity contribution is -0.112. The highest BCUT2D eigenvalue weighted by molar-refractivity contribution is 6.06. The molecule has 0 saturated carbocycles. The fourth-order valence-corrected chi connectivity index (χ4v) is 1.98. The first-order valence-electron chi connectivity index (χ1n) is 6.33. The van der Waals surface area contributed by atoms with E-state index in [-0.39, 0.29) is 5.78 Å². The maximum Gasteiger partial charge on any atom is 0.231 e. The van der Waals surface area contributed by atoms with E-state index in [1.807, 2.05) is 31.2 Å². The number of benzene rings is 1. The normalized spacial score (nSPS) is 13.5. The van der Waals surface area contributed by atoms with Crippen molar-refractivity contribution in [3.05, 3.63) is 47.6 Å². The molecule has 1 aromatic carbocycles.